The van der Waals surface area contributed by atoms with Crippen LogP contribution in [0, 0.1) is 0 Å². The Labute approximate surface area is 103 Å². The molecule has 0 saturated heterocycles. The van der Waals surface area contributed by atoms with Crippen molar-refractivity contribution in [2.24, 2.45) is 5.73 Å². The number of hydrogen-bond acceptors (Lipinski definition) is 3. The molecule has 1 atom stereocenters. The van der Waals surface area contributed by atoms with Crippen LogP contribution < -0.4 is 10.5 Å². The first-order valence-corrected chi connectivity index (χ1v) is 6.39. The predicted octanol–water partition coefficient (Wildman–Crippen LogP) is 2.65. The van der Waals surface area contributed by atoms with Crippen molar-refractivity contribution in [3.05, 3.63) is 29.8 Å². The molecule has 2 rings (SSSR count). The molecular formula is C14H21NO2. The van der Waals surface area contributed by atoms with Crippen molar-refractivity contribution >= 4 is 0 Å². The maximum Gasteiger partial charge on any atom is 0.120 e. The Balaban J connectivity index is 1.89. The van der Waals surface area contributed by atoms with Crippen molar-refractivity contribution in [1.29, 1.82) is 0 Å². The van der Waals surface area contributed by atoms with Gasteiger partial charge in [-0.25, -0.2) is 0 Å². The van der Waals surface area contributed by atoms with Gasteiger partial charge in [0, 0.05) is 6.61 Å². The van der Waals surface area contributed by atoms with E-state index in [1.54, 1.807) is 0 Å². The summed E-state index contributed by atoms with van der Waals surface area (Å²) in [6.45, 7) is 3.43. The van der Waals surface area contributed by atoms with Gasteiger partial charge in [-0.05, 0) is 37.0 Å². The van der Waals surface area contributed by atoms with Gasteiger partial charge >= 0.3 is 0 Å². The highest BCUT2D eigenvalue weighted by Gasteiger charge is 2.23. The second kappa shape index (κ2) is 6.03. The van der Waals surface area contributed by atoms with E-state index in [9.17, 15) is 0 Å². The Morgan fingerprint density at radius 3 is 2.94 bits per heavy atom. The molecule has 1 aliphatic rings. The van der Waals surface area contributed by atoms with Crippen LogP contribution in [-0.4, -0.2) is 19.3 Å². The zero-order valence-corrected chi connectivity index (χ0v) is 10.4. The Kier molecular flexibility index (Phi) is 4.40. The third kappa shape index (κ3) is 4.02. The van der Waals surface area contributed by atoms with Gasteiger partial charge in [-0.2, -0.15) is 0 Å². The molecule has 0 bridgehead atoms. The van der Waals surface area contributed by atoms with E-state index < -0.39 is 0 Å². The molecule has 1 saturated carbocycles. The van der Waals surface area contributed by atoms with Crippen molar-refractivity contribution in [3.63, 3.8) is 0 Å². The molecule has 0 spiro atoms. The zero-order chi connectivity index (χ0) is 12.1. The van der Waals surface area contributed by atoms with Crippen LogP contribution in [0.5, 0.6) is 5.75 Å². The lowest BCUT2D eigenvalue weighted by atomic mass is 10.1. The molecule has 0 amide bonds. The second-order valence-electron chi connectivity index (χ2n) is 4.57. The van der Waals surface area contributed by atoms with Gasteiger partial charge in [0.25, 0.3) is 0 Å². The lowest BCUT2D eigenvalue weighted by molar-refractivity contribution is 0.121. The van der Waals surface area contributed by atoms with Crippen LogP contribution in [0.3, 0.4) is 0 Å². The highest BCUT2D eigenvalue weighted by Crippen LogP contribution is 2.28. The molecule has 0 radical (unpaired) electrons. The van der Waals surface area contributed by atoms with Crippen molar-refractivity contribution in [3.8, 4) is 5.75 Å². The van der Waals surface area contributed by atoms with E-state index in [0.29, 0.717) is 12.7 Å². The van der Waals surface area contributed by atoms with Gasteiger partial charge in [-0.3, -0.25) is 0 Å². The van der Waals surface area contributed by atoms with Crippen LogP contribution in [0.15, 0.2) is 24.3 Å². The summed E-state index contributed by atoms with van der Waals surface area (Å²) in [6.07, 6.45) is 3.81. The first-order chi connectivity index (χ1) is 8.29. The van der Waals surface area contributed by atoms with E-state index in [1.165, 1.54) is 12.8 Å². The van der Waals surface area contributed by atoms with Crippen molar-refractivity contribution < 1.29 is 9.47 Å². The second-order valence-corrected chi connectivity index (χ2v) is 4.57. The molecule has 0 heterocycles. The molecule has 0 aliphatic heterocycles. The molecule has 1 aromatic rings. The van der Waals surface area contributed by atoms with E-state index in [4.69, 9.17) is 15.2 Å². The molecule has 1 aliphatic carbocycles. The fourth-order valence-corrected chi connectivity index (χ4v) is 1.65. The third-order valence-corrected chi connectivity index (χ3v) is 2.76. The normalized spacial score (nSPS) is 16.8. The maximum atomic E-state index is 6.07. The summed E-state index contributed by atoms with van der Waals surface area (Å²) in [5, 5.41) is 0. The smallest absolute Gasteiger partial charge is 0.120 e. The minimum absolute atomic E-state index is 0.0655. The van der Waals surface area contributed by atoms with Crippen LogP contribution in [0.2, 0.25) is 0 Å². The SMILES string of the molecule is CCCOCC(N)c1cccc(OC2CC2)c1. The van der Waals surface area contributed by atoms with E-state index >= 15 is 0 Å². The molecule has 2 N–H and O–H groups in total. The molecule has 1 fully saturated rings. The highest BCUT2D eigenvalue weighted by atomic mass is 16.5. The van der Waals surface area contributed by atoms with Crippen molar-refractivity contribution in [2.45, 2.75) is 38.3 Å². The van der Waals surface area contributed by atoms with Gasteiger partial charge in [0.1, 0.15) is 5.75 Å². The van der Waals surface area contributed by atoms with Crippen LogP contribution in [0.1, 0.15) is 37.8 Å². The topological polar surface area (TPSA) is 44.5 Å². The van der Waals surface area contributed by atoms with Gasteiger partial charge < -0.3 is 15.2 Å². The first kappa shape index (κ1) is 12.4. The Morgan fingerprint density at radius 2 is 2.24 bits per heavy atom. The quantitative estimate of drug-likeness (QED) is 0.739. The first-order valence-electron chi connectivity index (χ1n) is 6.39. The Morgan fingerprint density at radius 1 is 1.41 bits per heavy atom. The van der Waals surface area contributed by atoms with Gasteiger partial charge in [-0.1, -0.05) is 19.1 Å². The molecule has 1 aromatic carbocycles. The molecule has 94 valence electrons. The monoisotopic (exact) mass is 235 g/mol. The molecule has 17 heavy (non-hydrogen) atoms. The van der Waals surface area contributed by atoms with Crippen LogP contribution >= 0.6 is 0 Å². The van der Waals surface area contributed by atoms with E-state index in [2.05, 4.69) is 6.92 Å². The summed E-state index contributed by atoms with van der Waals surface area (Å²) < 4.78 is 11.2. The predicted molar refractivity (Wildman–Crippen MR) is 68.1 cm³/mol. The van der Waals surface area contributed by atoms with Gasteiger partial charge in [-0.15, -0.1) is 0 Å². The standard InChI is InChI=1S/C14H21NO2/c1-2-8-16-10-14(15)11-4-3-5-13(9-11)17-12-6-7-12/h3-5,9,12,14H,2,6-8,10,15H2,1H3. The third-order valence-electron chi connectivity index (χ3n) is 2.76. The number of rotatable bonds is 7. The Bertz CT molecular complexity index is 350. The number of nitrogens with two attached hydrogens (primary N) is 1. The molecular weight excluding hydrogens is 214 g/mol. The summed E-state index contributed by atoms with van der Waals surface area (Å²) in [5.74, 6) is 0.927. The summed E-state index contributed by atoms with van der Waals surface area (Å²) in [7, 11) is 0. The Hall–Kier alpha value is -1.06. The largest absolute Gasteiger partial charge is 0.490 e. The summed E-state index contributed by atoms with van der Waals surface area (Å²) in [4.78, 5) is 0. The molecule has 3 nitrogen and oxygen atoms in total. The number of ether oxygens (including phenoxy) is 2. The minimum Gasteiger partial charge on any atom is -0.490 e. The van der Waals surface area contributed by atoms with E-state index in [1.807, 2.05) is 24.3 Å². The average Bonchev–Trinajstić information content (AvgIpc) is 3.13. The average molecular weight is 235 g/mol. The number of benzene rings is 1. The summed E-state index contributed by atoms with van der Waals surface area (Å²) in [5.41, 5.74) is 7.15. The molecule has 3 heteroatoms. The van der Waals surface area contributed by atoms with Gasteiger partial charge in [0.05, 0.1) is 18.8 Å². The lowest BCUT2D eigenvalue weighted by Crippen LogP contribution is -2.17. The maximum absolute atomic E-state index is 6.07. The summed E-state index contributed by atoms with van der Waals surface area (Å²) in [6, 6.07) is 7.97. The van der Waals surface area contributed by atoms with Gasteiger partial charge in [0.15, 0.2) is 0 Å². The van der Waals surface area contributed by atoms with Crippen molar-refractivity contribution in [1.82, 2.24) is 0 Å². The fraction of sp³-hybridized carbons (Fsp3) is 0.571. The summed E-state index contributed by atoms with van der Waals surface area (Å²) >= 11 is 0. The van der Waals surface area contributed by atoms with Gasteiger partial charge in [0.2, 0.25) is 0 Å². The van der Waals surface area contributed by atoms with Crippen LogP contribution in [-0.2, 0) is 4.74 Å². The highest BCUT2D eigenvalue weighted by molar-refractivity contribution is 5.31. The minimum atomic E-state index is -0.0655. The van der Waals surface area contributed by atoms with Crippen molar-refractivity contribution in [2.75, 3.05) is 13.2 Å². The number of hydrogen-bond donors (Lipinski definition) is 1. The zero-order valence-electron chi connectivity index (χ0n) is 10.4. The lowest BCUT2D eigenvalue weighted by Gasteiger charge is -2.13. The molecule has 0 aromatic heterocycles. The van der Waals surface area contributed by atoms with E-state index in [-0.39, 0.29) is 6.04 Å². The fourth-order valence-electron chi connectivity index (χ4n) is 1.65. The van der Waals surface area contributed by atoms with Crippen LogP contribution in [0.25, 0.3) is 0 Å². The molecule has 1 unspecified atom stereocenters. The van der Waals surface area contributed by atoms with E-state index in [0.717, 1.165) is 24.3 Å². The van der Waals surface area contributed by atoms with Crippen LogP contribution in [0.4, 0.5) is 0 Å².